The van der Waals surface area contributed by atoms with Gasteiger partial charge in [0.1, 0.15) is 17.3 Å². The molecule has 0 unspecified atom stereocenters. The first-order valence-electron chi connectivity index (χ1n) is 4.85. The van der Waals surface area contributed by atoms with Crippen molar-refractivity contribution in [1.29, 1.82) is 0 Å². The van der Waals surface area contributed by atoms with Crippen LogP contribution in [0.25, 0.3) is 0 Å². The van der Waals surface area contributed by atoms with Gasteiger partial charge in [-0.15, -0.1) is 0 Å². The van der Waals surface area contributed by atoms with Gasteiger partial charge in [0.2, 0.25) is 0 Å². The lowest BCUT2D eigenvalue weighted by molar-refractivity contribution is 0.184. The van der Waals surface area contributed by atoms with Crippen molar-refractivity contribution in [2.45, 2.75) is 6.92 Å². The number of benzene rings is 1. The van der Waals surface area contributed by atoms with Crippen LogP contribution in [0.4, 0.5) is 4.39 Å². The number of hydrogen-bond donors (Lipinski definition) is 1. The minimum atomic E-state index is -0.423. The Balaban J connectivity index is 3.03. The van der Waals surface area contributed by atoms with E-state index in [0.29, 0.717) is 17.9 Å². The van der Waals surface area contributed by atoms with Crippen LogP contribution < -0.4 is 4.74 Å². The number of nitrogens with zero attached hydrogens (tertiary/aromatic N) is 1. The number of halogens is 1. The number of methoxy groups -OCH3 is 1. The molecule has 0 atom stereocenters. The molecular weight excluding hydrogens is 213 g/mol. The van der Waals surface area contributed by atoms with Crippen LogP contribution in [0.3, 0.4) is 0 Å². The predicted octanol–water partition coefficient (Wildman–Crippen LogP) is 2.05. The largest absolute Gasteiger partial charge is 0.496 e. The molecule has 1 aromatic carbocycles. The van der Waals surface area contributed by atoms with Gasteiger partial charge in [-0.1, -0.05) is 5.16 Å². The number of hydrogen-bond acceptors (Lipinski definition) is 4. The van der Waals surface area contributed by atoms with Crippen LogP contribution in [0.1, 0.15) is 12.5 Å². The van der Waals surface area contributed by atoms with Crippen LogP contribution >= 0.6 is 0 Å². The van der Waals surface area contributed by atoms with E-state index in [2.05, 4.69) is 5.16 Å². The molecule has 0 radical (unpaired) electrons. The summed E-state index contributed by atoms with van der Waals surface area (Å²) in [6.07, 6.45) is 0. The molecule has 0 saturated heterocycles. The topological polar surface area (TPSA) is 51.0 Å². The Morgan fingerprint density at radius 2 is 2.25 bits per heavy atom. The van der Waals surface area contributed by atoms with E-state index < -0.39 is 5.82 Å². The molecule has 0 spiro atoms. The van der Waals surface area contributed by atoms with Crippen molar-refractivity contribution < 1.29 is 19.1 Å². The highest BCUT2D eigenvalue weighted by Crippen LogP contribution is 2.20. The summed E-state index contributed by atoms with van der Waals surface area (Å²) in [6, 6.07) is 3.99. The third-order valence-electron chi connectivity index (χ3n) is 2.04. The molecule has 0 saturated carbocycles. The van der Waals surface area contributed by atoms with Crippen LogP contribution in [0, 0.1) is 5.82 Å². The first-order chi connectivity index (χ1) is 7.72. The fourth-order valence-electron chi connectivity index (χ4n) is 1.26. The van der Waals surface area contributed by atoms with E-state index in [1.165, 1.54) is 25.3 Å². The summed E-state index contributed by atoms with van der Waals surface area (Å²) in [5, 5.41) is 11.9. The summed E-state index contributed by atoms with van der Waals surface area (Å²) in [5.74, 6) is 0.0161. The van der Waals surface area contributed by atoms with E-state index in [0.717, 1.165) is 0 Å². The highest BCUT2D eigenvalue weighted by Gasteiger charge is 2.12. The maximum atomic E-state index is 13.1. The number of oxime groups is 1. The van der Waals surface area contributed by atoms with E-state index >= 15 is 0 Å². The van der Waals surface area contributed by atoms with Crippen molar-refractivity contribution in [3.8, 4) is 5.75 Å². The lowest BCUT2D eigenvalue weighted by Crippen LogP contribution is -2.12. The molecule has 0 aliphatic carbocycles. The fourth-order valence-corrected chi connectivity index (χ4v) is 1.26. The zero-order valence-electron chi connectivity index (χ0n) is 9.24. The van der Waals surface area contributed by atoms with E-state index in [1.807, 2.05) is 6.92 Å². The molecular formula is C11H14FNO3. The molecule has 16 heavy (non-hydrogen) atoms. The quantitative estimate of drug-likeness (QED) is 0.476. The lowest BCUT2D eigenvalue weighted by atomic mass is 10.1. The second-order valence-corrected chi connectivity index (χ2v) is 3.03. The molecule has 88 valence electrons. The number of rotatable bonds is 5. The van der Waals surface area contributed by atoms with Gasteiger partial charge in [0.15, 0.2) is 0 Å². The van der Waals surface area contributed by atoms with Crippen molar-refractivity contribution in [3.63, 3.8) is 0 Å². The molecule has 0 aromatic heterocycles. The van der Waals surface area contributed by atoms with Crippen molar-refractivity contribution in [3.05, 3.63) is 29.6 Å². The molecule has 0 amide bonds. The Labute approximate surface area is 93.3 Å². The highest BCUT2D eigenvalue weighted by atomic mass is 19.1. The van der Waals surface area contributed by atoms with Gasteiger partial charge in [-0.3, -0.25) is 0 Å². The smallest absolute Gasteiger partial charge is 0.128 e. The fraction of sp³-hybridized carbons (Fsp3) is 0.364. The maximum absolute atomic E-state index is 13.1. The molecule has 1 rings (SSSR count). The monoisotopic (exact) mass is 227 g/mol. The van der Waals surface area contributed by atoms with Crippen molar-refractivity contribution in [2.75, 3.05) is 20.3 Å². The zero-order valence-corrected chi connectivity index (χ0v) is 9.24. The van der Waals surface area contributed by atoms with Crippen molar-refractivity contribution >= 4 is 5.71 Å². The third-order valence-corrected chi connectivity index (χ3v) is 2.04. The van der Waals surface area contributed by atoms with E-state index in [4.69, 9.17) is 14.7 Å². The van der Waals surface area contributed by atoms with Gasteiger partial charge in [-0.05, 0) is 25.1 Å². The summed E-state index contributed by atoms with van der Waals surface area (Å²) >= 11 is 0. The third kappa shape index (κ3) is 2.93. The second kappa shape index (κ2) is 6.07. The lowest BCUT2D eigenvalue weighted by Gasteiger charge is -2.09. The number of ether oxygens (including phenoxy) is 2. The molecule has 0 heterocycles. The minimum Gasteiger partial charge on any atom is -0.496 e. The summed E-state index contributed by atoms with van der Waals surface area (Å²) < 4.78 is 23.2. The SMILES string of the molecule is CCOC/C(=N\O)c1cc(F)ccc1OC. The van der Waals surface area contributed by atoms with Crippen LogP contribution in [-0.2, 0) is 4.74 Å². The Morgan fingerprint density at radius 3 is 2.81 bits per heavy atom. The molecule has 0 aliphatic heterocycles. The van der Waals surface area contributed by atoms with Gasteiger partial charge < -0.3 is 14.7 Å². The molecule has 0 bridgehead atoms. The predicted molar refractivity (Wildman–Crippen MR) is 57.8 cm³/mol. The summed E-state index contributed by atoms with van der Waals surface area (Å²) in [4.78, 5) is 0. The zero-order chi connectivity index (χ0) is 12.0. The van der Waals surface area contributed by atoms with Crippen LogP contribution in [0.5, 0.6) is 5.75 Å². The van der Waals surface area contributed by atoms with Crippen LogP contribution in [0.15, 0.2) is 23.4 Å². The van der Waals surface area contributed by atoms with Gasteiger partial charge in [-0.25, -0.2) is 4.39 Å². The first kappa shape index (κ1) is 12.4. The van der Waals surface area contributed by atoms with Crippen LogP contribution in [-0.4, -0.2) is 31.2 Å². The Morgan fingerprint density at radius 1 is 1.50 bits per heavy atom. The summed E-state index contributed by atoms with van der Waals surface area (Å²) in [5.41, 5.74) is 0.622. The summed E-state index contributed by atoms with van der Waals surface area (Å²) in [7, 11) is 1.46. The Hall–Kier alpha value is -1.62. The highest BCUT2D eigenvalue weighted by molar-refractivity contribution is 6.03. The maximum Gasteiger partial charge on any atom is 0.128 e. The van der Waals surface area contributed by atoms with Gasteiger partial charge in [0, 0.05) is 12.2 Å². The molecule has 4 nitrogen and oxygen atoms in total. The average Bonchev–Trinajstić information content (AvgIpc) is 2.30. The van der Waals surface area contributed by atoms with Gasteiger partial charge >= 0.3 is 0 Å². The van der Waals surface area contributed by atoms with E-state index in [1.54, 1.807) is 0 Å². The van der Waals surface area contributed by atoms with Crippen LogP contribution in [0.2, 0.25) is 0 Å². The second-order valence-electron chi connectivity index (χ2n) is 3.03. The average molecular weight is 227 g/mol. The van der Waals surface area contributed by atoms with Gasteiger partial charge in [-0.2, -0.15) is 0 Å². The van der Waals surface area contributed by atoms with E-state index in [-0.39, 0.29) is 12.3 Å². The molecule has 1 aromatic rings. The Bertz CT molecular complexity index is 379. The van der Waals surface area contributed by atoms with Gasteiger partial charge in [0.25, 0.3) is 0 Å². The van der Waals surface area contributed by atoms with Crippen molar-refractivity contribution in [2.24, 2.45) is 5.16 Å². The molecule has 1 N–H and O–H groups in total. The standard InChI is InChI=1S/C11H14FNO3/c1-3-16-7-10(13-14)9-6-8(12)4-5-11(9)15-2/h4-6,14H,3,7H2,1-2H3/b13-10+. The summed E-state index contributed by atoms with van der Waals surface area (Å²) in [6.45, 7) is 2.40. The molecule has 5 heteroatoms. The Kier molecular flexibility index (Phi) is 4.72. The molecule has 0 fully saturated rings. The van der Waals surface area contributed by atoms with Crippen molar-refractivity contribution in [1.82, 2.24) is 0 Å². The van der Waals surface area contributed by atoms with Gasteiger partial charge in [0.05, 0.1) is 13.7 Å². The molecule has 0 aliphatic rings. The minimum absolute atomic E-state index is 0.104. The normalized spacial score (nSPS) is 11.6. The first-order valence-corrected chi connectivity index (χ1v) is 4.85. The van der Waals surface area contributed by atoms with E-state index in [9.17, 15) is 4.39 Å².